The van der Waals surface area contributed by atoms with E-state index in [4.69, 9.17) is 14.2 Å². The molecule has 0 saturated carbocycles. The molecular weight excluding hydrogens is 424 g/mol. The Morgan fingerprint density at radius 3 is 2.33 bits per heavy atom. The van der Waals surface area contributed by atoms with Gasteiger partial charge < -0.3 is 24.8 Å². The lowest BCUT2D eigenvalue weighted by Crippen LogP contribution is -2.49. The number of hydrogen-bond donors (Lipinski definition) is 2. The number of hydrogen-bond acceptors (Lipinski definition) is 6. The average molecular weight is 457 g/mol. The van der Waals surface area contributed by atoms with Gasteiger partial charge in [0.15, 0.2) is 0 Å². The molecule has 0 heterocycles. The van der Waals surface area contributed by atoms with Gasteiger partial charge in [-0.2, -0.15) is 0 Å². The van der Waals surface area contributed by atoms with Crippen molar-refractivity contribution in [2.45, 2.75) is 52.2 Å². The van der Waals surface area contributed by atoms with Gasteiger partial charge in [-0.15, -0.1) is 0 Å². The van der Waals surface area contributed by atoms with Crippen molar-refractivity contribution in [1.82, 2.24) is 10.6 Å². The van der Waals surface area contributed by atoms with Crippen molar-refractivity contribution in [1.29, 1.82) is 0 Å². The Labute approximate surface area is 194 Å². The van der Waals surface area contributed by atoms with Crippen LogP contribution in [0.5, 0.6) is 11.5 Å². The summed E-state index contributed by atoms with van der Waals surface area (Å²) in [5.74, 6) is 0.465. The summed E-state index contributed by atoms with van der Waals surface area (Å²) in [6.45, 7) is 7.31. The molecule has 0 spiro atoms. The normalized spacial score (nSPS) is 11.8. The van der Waals surface area contributed by atoms with Crippen LogP contribution in [0.3, 0.4) is 0 Å². The molecule has 0 radical (unpaired) electrons. The first kappa shape index (κ1) is 25.7. The summed E-state index contributed by atoms with van der Waals surface area (Å²) in [6.07, 6.45) is -0.458. The molecule has 8 nitrogen and oxygen atoms in total. The van der Waals surface area contributed by atoms with Crippen molar-refractivity contribution in [3.05, 3.63) is 60.2 Å². The number of carbonyl (C=O) groups is 3. The topological polar surface area (TPSA) is 103 Å². The third kappa shape index (κ3) is 10.1. The number of alkyl carbamates (subject to hydrolysis) is 1. The summed E-state index contributed by atoms with van der Waals surface area (Å²) < 4.78 is 16.0. The molecule has 2 N–H and O–H groups in total. The zero-order valence-corrected chi connectivity index (χ0v) is 19.6. The average Bonchev–Trinajstić information content (AvgIpc) is 2.73. The van der Waals surface area contributed by atoms with E-state index in [1.165, 1.54) is 0 Å². The van der Waals surface area contributed by atoms with E-state index in [-0.39, 0.29) is 26.0 Å². The molecule has 0 fully saturated rings. The van der Waals surface area contributed by atoms with Gasteiger partial charge in [-0.05, 0) is 57.5 Å². The Kier molecular flexibility index (Phi) is 9.72. The molecule has 0 aliphatic rings. The maximum absolute atomic E-state index is 12.8. The molecular formula is C25H32N2O6. The SMILES string of the molecule is CCOC(=O)CCNC(=O)C(Cc1cccc(Oc2ccccc2)c1)NC(=O)OC(C)(C)C. The van der Waals surface area contributed by atoms with Crippen molar-refractivity contribution in [2.24, 2.45) is 0 Å². The fourth-order valence-electron chi connectivity index (χ4n) is 2.90. The Balaban J connectivity index is 2.08. The number of para-hydroxylation sites is 1. The van der Waals surface area contributed by atoms with Crippen LogP contribution in [0, 0.1) is 0 Å². The van der Waals surface area contributed by atoms with Crippen molar-refractivity contribution in [2.75, 3.05) is 13.2 Å². The minimum Gasteiger partial charge on any atom is -0.466 e. The van der Waals surface area contributed by atoms with Gasteiger partial charge >= 0.3 is 12.1 Å². The van der Waals surface area contributed by atoms with Gasteiger partial charge in [-0.25, -0.2) is 4.79 Å². The van der Waals surface area contributed by atoms with Crippen LogP contribution in [0.15, 0.2) is 54.6 Å². The van der Waals surface area contributed by atoms with Gasteiger partial charge in [0.1, 0.15) is 23.1 Å². The number of ether oxygens (including phenoxy) is 3. The highest BCUT2D eigenvalue weighted by Crippen LogP contribution is 2.22. The number of esters is 1. The lowest BCUT2D eigenvalue weighted by Gasteiger charge is -2.23. The van der Waals surface area contributed by atoms with Gasteiger partial charge in [-0.1, -0.05) is 30.3 Å². The minimum atomic E-state index is -0.908. The Bertz CT molecular complexity index is 924. The highest BCUT2D eigenvalue weighted by molar-refractivity contribution is 5.86. The maximum Gasteiger partial charge on any atom is 0.408 e. The summed E-state index contributed by atoms with van der Waals surface area (Å²) in [5, 5.41) is 5.30. The number of carbonyl (C=O) groups excluding carboxylic acids is 3. The van der Waals surface area contributed by atoms with Crippen LogP contribution in [0.25, 0.3) is 0 Å². The minimum absolute atomic E-state index is 0.0408. The van der Waals surface area contributed by atoms with E-state index >= 15 is 0 Å². The summed E-state index contributed by atoms with van der Waals surface area (Å²) in [7, 11) is 0. The molecule has 2 aromatic rings. The van der Waals surface area contributed by atoms with Crippen LogP contribution in [0.4, 0.5) is 4.79 Å². The van der Waals surface area contributed by atoms with Crippen LogP contribution in [0.2, 0.25) is 0 Å². The monoisotopic (exact) mass is 456 g/mol. The molecule has 0 bridgehead atoms. The highest BCUT2D eigenvalue weighted by atomic mass is 16.6. The summed E-state index contributed by atoms with van der Waals surface area (Å²) in [6, 6.07) is 15.7. The number of nitrogens with one attached hydrogen (secondary N) is 2. The molecule has 0 aromatic heterocycles. The molecule has 1 atom stereocenters. The molecule has 0 aliphatic carbocycles. The van der Waals surface area contributed by atoms with E-state index in [1.54, 1.807) is 27.7 Å². The first-order chi connectivity index (χ1) is 15.7. The van der Waals surface area contributed by atoms with Gasteiger partial charge in [0, 0.05) is 13.0 Å². The van der Waals surface area contributed by atoms with Crippen LogP contribution < -0.4 is 15.4 Å². The molecule has 33 heavy (non-hydrogen) atoms. The second kappa shape index (κ2) is 12.5. The largest absolute Gasteiger partial charge is 0.466 e. The van der Waals surface area contributed by atoms with E-state index in [9.17, 15) is 14.4 Å². The van der Waals surface area contributed by atoms with Gasteiger partial charge in [-0.3, -0.25) is 9.59 Å². The van der Waals surface area contributed by atoms with E-state index in [2.05, 4.69) is 10.6 Å². The fraction of sp³-hybridized carbons (Fsp3) is 0.400. The van der Waals surface area contributed by atoms with Crippen molar-refractivity contribution >= 4 is 18.0 Å². The van der Waals surface area contributed by atoms with Crippen molar-refractivity contribution < 1.29 is 28.6 Å². The number of amides is 2. The second-order valence-electron chi connectivity index (χ2n) is 8.31. The summed E-state index contributed by atoms with van der Waals surface area (Å²) in [5.41, 5.74) is 0.0726. The molecule has 2 amide bonds. The molecule has 1 unspecified atom stereocenters. The standard InChI is InChI=1S/C25H32N2O6/c1-5-31-22(28)14-15-26-23(29)21(27-24(30)33-25(2,3)4)17-18-10-9-13-20(16-18)32-19-11-7-6-8-12-19/h6-13,16,21H,5,14-15,17H2,1-4H3,(H,26,29)(H,27,30). The van der Waals surface area contributed by atoms with Crippen LogP contribution >= 0.6 is 0 Å². The summed E-state index contributed by atoms with van der Waals surface area (Å²) in [4.78, 5) is 36.7. The van der Waals surface area contributed by atoms with Crippen LogP contribution in [0.1, 0.15) is 39.7 Å². The fourth-order valence-corrected chi connectivity index (χ4v) is 2.90. The third-order valence-electron chi connectivity index (χ3n) is 4.26. The lowest BCUT2D eigenvalue weighted by atomic mass is 10.0. The Hall–Kier alpha value is -3.55. The quantitative estimate of drug-likeness (QED) is 0.524. The lowest BCUT2D eigenvalue weighted by molar-refractivity contribution is -0.143. The van der Waals surface area contributed by atoms with Gasteiger partial charge in [0.05, 0.1) is 13.0 Å². The number of benzene rings is 2. The van der Waals surface area contributed by atoms with Crippen LogP contribution in [-0.4, -0.2) is 42.8 Å². The van der Waals surface area contributed by atoms with Gasteiger partial charge in [0.25, 0.3) is 0 Å². The molecule has 8 heteroatoms. The van der Waals surface area contributed by atoms with Crippen molar-refractivity contribution in [3.8, 4) is 11.5 Å². The summed E-state index contributed by atoms with van der Waals surface area (Å²) >= 11 is 0. The van der Waals surface area contributed by atoms with Crippen LogP contribution in [-0.2, 0) is 25.5 Å². The molecule has 2 aromatic carbocycles. The van der Waals surface area contributed by atoms with E-state index in [1.807, 2.05) is 54.6 Å². The predicted molar refractivity (Wildman–Crippen MR) is 124 cm³/mol. The zero-order valence-electron chi connectivity index (χ0n) is 19.6. The Morgan fingerprint density at radius 2 is 1.67 bits per heavy atom. The van der Waals surface area contributed by atoms with Crippen molar-refractivity contribution in [3.63, 3.8) is 0 Å². The molecule has 0 aliphatic heterocycles. The Morgan fingerprint density at radius 1 is 0.970 bits per heavy atom. The smallest absolute Gasteiger partial charge is 0.408 e. The molecule has 178 valence electrons. The van der Waals surface area contributed by atoms with Gasteiger partial charge in [0.2, 0.25) is 5.91 Å². The highest BCUT2D eigenvalue weighted by Gasteiger charge is 2.25. The first-order valence-electron chi connectivity index (χ1n) is 10.9. The third-order valence-corrected chi connectivity index (χ3v) is 4.26. The molecule has 0 saturated heterocycles. The number of rotatable bonds is 10. The predicted octanol–water partition coefficient (Wildman–Crippen LogP) is 3.98. The van der Waals surface area contributed by atoms with E-state index in [0.29, 0.717) is 11.5 Å². The molecule has 2 rings (SSSR count). The van der Waals surface area contributed by atoms with E-state index < -0.39 is 29.6 Å². The van der Waals surface area contributed by atoms with E-state index in [0.717, 1.165) is 5.56 Å². The zero-order chi connectivity index (χ0) is 24.3. The maximum atomic E-state index is 12.8. The second-order valence-corrected chi connectivity index (χ2v) is 8.31. The first-order valence-corrected chi connectivity index (χ1v) is 10.9.